The zero-order valence-electron chi connectivity index (χ0n) is 16.1. The number of nitrogens with two attached hydrogens (primary N) is 1. The van der Waals surface area contributed by atoms with Crippen LogP contribution in [0.3, 0.4) is 0 Å². The Balaban J connectivity index is 1.92. The van der Waals surface area contributed by atoms with Gasteiger partial charge in [0.1, 0.15) is 10.6 Å². The fraction of sp³-hybridized carbons (Fsp3) is 0.0952. The summed E-state index contributed by atoms with van der Waals surface area (Å²) in [6.45, 7) is 1.82. The van der Waals surface area contributed by atoms with Gasteiger partial charge in [-0.25, -0.2) is 13.4 Å². The van der Waals surface area contributed by atoms with Crippen LogP contribution < -0.4 is 15.2 Å². The number of benzene rings is 2. The second-order valence-corrected chi connectivity index (χ2v) is 10.6. The predicted molar refractivity (Wildman–Crippen MR) is 131 cm³/mol. The highest BCUT2D eigenvalue weighted by Gasteiger charge is 2.22. The number of rotatable bonds is 5. The van der Waals surface area contributed by atoms with Gasteiger partial charge in [0.2, 0.25) is 0 Å². The van der Waals surface area contributed by atoms with Gasteiger partial charge in [-0.15, -0.1) is 0 Å². The van der Waals surface area contributed by atoms with Gasteiger partial charge in [0, 0.05) is 20.2 Å². The maximum Gasteiger partial charge on any atom is 0.261 e. The Kier molecular flexibility index (Phi) is 5.60. The molecule has 3 N–H and O–H groups in total. The topological polar surface area (TPSA) is 94.3 Å². The van der Waals surface area contributed by atoms with Gasteiger partial charge >= 0.3 is 0 Å². The van der Waals surface area contributed by atoms with Crippen molar-refractivity contribution >= 4 is 64.9 Å². The first-order valence-electron chi connectivity index (χ1n) is 8.91. The number of thiophene rings is 1. The van der Waals surface area contributed by atoms with Crippen LogP contribution in [0, 0.1) is 10.5 Å². The molecule has 0 aliphatic heterocycles. The number of anilines is 2. The van der Waals surface area contributed by atoms with Crippen molar-refractivity contribution in [2.75, 3.05) is 17.6 Å². The van der Waals surface area contributed by atoms with Gasteiger partial charge in [0.15, 0.2) is 0 Å². The molecule has 9 heteroatoms. The molecular formula is C21H18IN3O3S2. The van der Waals surface area contributed by atoms with E-state index in [1.807, 2.05) is 37.3 Å². The number of pyridine rings is 1. The Bertz CT molecular complexity index is 1370. The summed E-state index contributed by atoms with van der Waals surface area (Å²) >= 11 is 3.42. The molecule has 2 aromatic carbocycles. The fourth-order valence-corrected chi connectivity index (χ4v) is 6.12. The third-order valence-electron chi connectivity index (χ3n) is 4.53. The van der Waals surface area contributed by atoms with Gasteiger partial charge in [-0.1, -0.05) is 29.5 Å². The van der Waals surface area contributed by atoms with E-state index in [9.17, 15) is 8.42 Å². The normalized spacial score (nSPS) is 11.6. The third-order valence-corrected chi connectivity index (χ3v) is 7.47. The van der Waals surface area contributed by atoms with Gasteiger partial charge in [0.25, 0.3) is 10.0 Å². The van der Waals surface area contributed by atoms with Crippen LogP contribution in [0.4, 0.5) is 10.7 Å². The lowest BCUT2D eigenvalue weighted by molar-refractivity contribution is 0.415. The smallest absolute Gasteiger partial charge is 0.261 e. The maximum absolute atomic E-state index is 13.1. The monoisotopic (exact) mass is 551 g/mol. The van der Waals surface area contributed by atoms with Crippen LogP contribution in [0.15, 0.2) is 59.5 Å². The fourth-order valence-electron chi connectivity index (χ4n) is 3.22. The number of aromatic nitrogens is 1. The summed E-state index contributed by atoms with van der Waals surface area (Å²) in [5.41, 5.74) is 9.06. The SMILES string of the molecule is COc1cccc(-c2c(N)sc3nc(C)cc(NS(=O)(=O)c4cccc(I)c4)c23)c1. The molecule has 154 valence electrons. The number of halogens is 1. The lowest BCUT2D eigenvalue weighted by atomic mass is 10.0. The van der Waals surface area contributed by atoms with E-state index in [4.69, 9.17) is 10.5 Å². The summed E-state index contributed by atoms with van der Waals surface area (Å²) < 4.78 is 35.1. The number of nitrogen functional groups attached to an aromatic ring is 1. The number of hydrogen-bond donors (Lipinski definition) is 2. The molecule has 0 aliphatic carbocycles. The largest absolute Gasteiger partial charge is 0.497 e. The molecule has 6 nitrogen and oxygen atoms in total. The van der Waals surface area contributed by atoms with Crippen molar-refractivity contribution < 1.29 is 13.2 Å². The molecule has 0 fully saturated rings. The van der Waals surface area contributed by atoms with E-state index in [0.717, 1.165) is 14.7 Å². The zero-order chi connectivity index (χ0) is 21.5. The number of sulfonamides is 1. The minimum absolute atomic E-state index is 0.197. The van der Waals surface area contributed by atoms with E-state index in [-0.39, 0.29) is 4.90 Å². The first-order chi connectivity index (χ1) is 14.3. The van der Waals surface area contributed by atoms with Crippen LogP contribution in [0.5, 0.6) is 5.75 Å². The molecule has 0 amide bonds. The molecule has 30 heavy (non-hydrogen) atoms. The Labute approximate surface area is 192 Å². The first kappa shape index (κ1) is 20.9. The molecule has 0 saturated carbocycles. The van der Waals surface area contributed by atoms with Crippen molar-refractivity contribution in [3.05, 3.63) is 63.9 Å². The molecule has 0 bridgehead atoms. The van der Waals surface area contributed by atoms with Crippen molar-refractivity contribution in [2.45, 2.75) is 11.8 Å². The van der Waals surface area contributed by atoms with E-state index in [1.165, 1.54) is 11.3 Å². The van der Waals surface area contributed by atoms with Crippen LogP contribution in [0.25, 0.3) is 21.3 Å². The number of aryl methyl sites for hydroxylation is 1. The Morgan fingerprint density at radius 1 is 1.13 bits per heavy atom. The zero-order valence-corrected chi connectivity index (χ0v) is 19.9. The van der Waals surface area contributed by atoms with Gasteiger partial charge in [-0.3, -0.25) is 4.72 Å². The van der Waals surface area contributed by atoms with E-state index < -0.39 is 10.0 Å². The Hall–Kier alpha value is -2.37. The van der Waals surface area contributed by atoms with Gasteiger partial charge in [-0.05, 0) is 71.5 Å². The highest BCUT2D eigenvalue weighted by atomic mass is 127. The standard InChI is InChI=1S/C21H18IN3O3S2/c1-12-9-17(25-30(26,27)16-8-4-6-14(22)11-16)19-18(20(23)29-21(19)24-12)13-5-3-7-15(10-13)28-2/h3-11H,23H2,1-2H3,(H,24,25). The minimum atomic E-state index is -3.79. The molecule has 0 aliphatic rings. The first-order valence-corrected chi connectivity index (χ1v) is 12.3. The van der Waals surface area contributed by atoms with Crippen LogP contribution in [-0.2, 0) is 10.0 Å². The maximum atomic E-state index is 13.1. The number of nitrogens with one attached hydrogen (secondary N) is 1. The summed E-state index contributed by atoms with van der Waals surface area (Å²) in [5, 5.41) is 1.23. The second-order valence-electron chi connectivity index (χ2n) is 6.63. The number of nitrogens with zero attached hydrogens (tertiary/aromatic N) is 1. The highest BCUT2D eigenvalue weighted by Crippen LogP contribution is 2.44. The van der Waals surface area contributed by atoms with Crippen LogP contribution in [-0.4, -0.2) is 20.5 Å². The molecule has 4 aromatic rings. The summed E-state index contributed by atoms with van der Waals surface area (Å²) in [6.07, 6.45) is 0. The highest BCUT2D eigenvalue weighted by molar-refractivity contribution is 14.1. The molecule has 0 unspecified atom stereocenters. The Morgan fingerprint density at radius 2 is 1.90 bits per heavy atom. The van der Waals surface area contributed by atoms with E-state index in [0.29, 0.717) is 32.3 Å². The average molecular weight is 551 g/mol. The summed E-state index contributed by atoms with van der Waals surface area (Å²) in [4.78, 5) is 5.44. The summed E-state index contributed by atoms with van der Waals surface area (Å²) in [6, 6.07) is 16.0. The molecule has 0 saturated heterocycles. The molecule has 2 aromatic heterocycles. The number of fused-ring (bicyclic) bond motifs is 1. The number of ether oxygens (including phenoxy) is 1. The summed E-state index contributed by atoms with van der Waals surface area (Å²) in [7, 11) is -2.19. The lowest BCUT2D eigenvalue weighted by Crippen LogP contribution is -2.13. The number of hydrogen-bond acceptors (Lipinski definition) is 6. The predicted octanol–water partition coefficient (Wildman–Crippen LogP) is 5.27. The minimum Gasteiger partial charge on any atom is -0.497 e. The molecule has 0 atom stereocenters. The quantitative estimate of drug-likeness (QED) is 0.330. The van der Waals surface area contributed by atoms with E-state index >= 15 is 0 Å². The molecule has 0 spiro atoms. The van der Waals surface area contributed by atoms with Gasteiger partial charge < -0.3 is 10.5 Å². The van der Waals surface area contributed by atoms with Crippen molar-refractivity contribution in [3.63, 3.8) is 0 Å². The molecule has 4 rings (SSSR count). The van der Waals surface area contributed by atoms with Crippen molar-refractivity contribution in [2.24, 2.45) is 0 Å². The Morgan fingerprint density at radius 3 is 2.63 bits per heavy atom. The van der Waals surface area contributed by atoms with Crippen molar-refractivity contribution in [3.8, 4) is 16.9 Å². The number of methoxy groups -OCH3 is 1. The molecule has 0 radical (unpaired) electrons. The second kappa shape index (κ2) is 8.05. The van der Waals surface area contributed by atoms with Crippen LogP contribution in [0.2, 0.25) is 0 Å². The van der Waals surface area contributed by atoms with E-state index in [2.05, 4.69) is 32.3 Å². The molecule has 2 heterocycles. The van der Waals surface area contributed by atoms with Gasteiger partial charge in [0.05, 0.1) is 22.7 Å². The van der Waals surface area contributed by atoms with Gasteiger partial charge in [-0.2, -0.15) is 0 Å². The summed E-state index contributed by atoms with van der Waals surface area (Å²) in [5.74, 6) is 0.687. The van der Waals surface area contributed by atoms with E-state index in [1.54, 1.807) is 31.4 Å². The van der Waals surface area contributed by atoms with Crippen LogP contribution >= 0.6 is 33.9 Å². The van der Waals surface area contributed by atoms with Crippen molar-refractivity contribution in [1.29, 1.82) is 0 Å². The molecular weight excluding hydrogens is 533 g/mol. The average Bonchev–Trinajstić information content (AvgIpc) is 3.03. The van der Waals surface area contributed by atoms with Crippen molar-refractivity contribution in [1.82, 2.24) is 4.98 Å². The third kappa shape index (κ3) is 3.96. The lowest BCUT2D eigenvalue weighted by Gasteiger charge is -2.12. The van der Waals surface area contributed by atoms with Crippen LogP contribution in [0.1, 0.15) is 5.69 Å².